The number of rotatable bonds is 2. The highest BCUT2D eigenvalue weighted by atomic mass is 16.7. The molecule has 0 aromatic carbocycles. The SMILES string of the molecule is CC1(C)OCC([C@@H]2C[C@H]2C=O)O1. The molecule has 0 radical (unpaired) electrons. The maximum atomic E-state index is 10.4. The van der Waals surface area contributed by atoms with Crippen LogP contribution in [-0.2, 0) is 14.3 Å². The molecule has 0 amide bonds. The van der Waals surface area contributed by atoms with E-state index in [9.17, 15) is 4.79 Å². The minimum Gasteiger partial charge on any atom is -0.348 e. The molecule has 68 valence electrons. The van der Waals surface area contributed by atoms with Gasteiger partial charge >= 0.3 is 0 Å². The maximum absolute atomic E-state index is 10.4. The van der Waals surface area contributed by atoms with Crippen molar-refractivity contribution in [3.8, 4) is 0 Å². The molecule has 0 aromatic rings. The quantitative estimate of drug-likeness (QED) is 0.579. The lowest BCUT2D eigenvalue weighted by Gasteiger charge is -2.16. The summed E-state index contributed by atoms with van der Waals surface area (Å²) in [6.07, 6.45) is 2.16. The molecule has 12 heavy (non-hydrogen) atoms. The Morgan fingerprint density at radius 1 is 1.50 bits per heavy atom. The number of aldehydes is 1. The van der Waals surface area contributed by atoms with Crippen molar-refractivity contribution in [3.63, 3.8) is 0 Å². The van der Waals surface area contributed by atoms with Gasteiger partial charge in [0.05, 0.1) is 12.7 Å². The van der Waals surface area contributed by atoms with Gasteiger partial charge in [0, 0.05) is 5.92 Å². The Morgan fingerprint density at radius 3 is 2.67 bits per heavy atom. The van der Waals surface area contributed by atoms with Crippen molar-refractivity contribution in [1.82, 2.24) is 0 Å². The molecule has 2 rings (SSSR count). The highest BCUT2D eigenvalue weighted by molar-refractivity contribution is 5.58. The van der Waals surface area contributed by atoms with Gasteiger partial charge in [-0.05, 0) is 26.2 Å². The van der Waals surface area contributed by atoms with Crippen LogP contribution in [0.3, 0.4) is 0 Å². The minimum atomic E-state index is -0.444. The highest BCUT2D eigenvalue weighted by Crippen LogP contribution is 2.44. The summed E-state index contributed by atoms with van der Waals surface area (Å²) in [5, 5.41) is 0. The van der Waals surface area contributed by atoms with Crippen LogP contribution >= 0.6 is 0 Å². The fourth-order valence-corrected chi connectivity index (χ4v) is 1.75. The van der Waals surface area contributed by atoms with Gasteiger partial charge in [-0.15, -0.1) is 0 Å². The first kappa shape index (κ1) is 8.20. The second-order valence-electron chi connectivity index (χ2n) is 4.07. The monoisotopic (exact) mass is 170 g/mol. The van der Waals surface area contributed by atoms with Crippen molar-refractivity contribution >= 4 is 6.29 Å². The van der Waals surface area contributed by atoms with E-state index in [2.05, 4.69) is 0 Å². The first-order valence-electron chi connectivity index (χ1n) is 4.39. The number of hydrogen-bond acceptors (Lipinski definition) is 3. The zero-order valence-electron chi connectivity index (χ0n) is 7.45. The van der Waals surface area contributed by atoms with E-state index in [0.29, 0.717) is 12.5 Å². The van der Waals surface area contributed by atoms with Crippen LogP contribution in [0.4, 0.5) is 0 Å². The van der Waals surface area contributed by atoms with E-state index in [-0.39, 0.29) is 12.0 Å². The topological polar surface area (TPSA) is 35.5 Å². The zero-order valence-corrected chi connectivity index (χ0v) is 7.45. The maximum Gasteiger partial charge on any atom is 0.163 e. The first-order valence-corrected chi connectivity index (χ1v) is 4.39. The summed E-state index contributed by atoms with van der Waals surface area (Å²) in [5.74, 6) is 0.206. The average Bonchev–Trinajstić information content (AvgIpc) is 2.70. The third-order valence-electron chi connectivity index (χ3n) is 2.57. The molecule has 1 aliphatic carbocycles. The molecule has 3 nitrogen and oxygen atoms in total. The van der Waals surface area contributed by atoms with Crippen LogP contribution in [0.15, 0.2) is 0 Å². The molecule has 1 heterocycles. The molecule has 2 fully saturated rings. The van der Waals surface area contributed by atoms with Crippen LogP contribution in [0.1, 0.15) is 20.3 Å². The van der Waals surface area contributed by atoms with Gasteiger partial charge in [-0.2, -0.15) is 0 Å². The summed E-state index contributed by atoms with van der Waals surface area (Å²) in [7, 11) is 0. The first-order chi connectivity index (χ1) is 5.62. The summed E-state index contributed by atoms with van der Waals surface area (Å²) in [6.45, 7) is 4.46. The second-order valence-corrected chi connectivity index (χ2v) is 4.07. The lowest BCUT2D eigenvalue weighted by Crippen LogP contribution is -2.22. The summed E-state index contributed by atoms with van der Waals surface area (Å²) < 4.78 is 11.0. The lowest BCUT2D eigenvalue weighted by molar-refractivity contribution is -0.141. The van der Waals surface area contributed by atoms with Gasteiger partial charge in [0.15, 0.2) is 5.79 Å². The van der Waals surface area contributed by atoms with Gasteiger partial charge in [-0.25, -0.2) is 0 Å². The predicted molar refractivity (Wildman–Crippen MR) is 42.6 cm³/mol. The van der Waals surface area contributed by atoms with Crippen molar-refractivity contribution < 1.29 is 14.3 Å². The summed E-state index contributed by atoms with van der Waals surface area (Å²) in [4.78, 5) is 10.4. The smallest absolute Gasteiger partial charge is 0.163 e. The van der Waals surface area contributed by atoms with E-state index < -0.39 is 5.79 Å². The van der Waals surface area contributed by atoms with Crippen LogP contribution in [0, 0.1) is 11.8 Å². The van der Waals surface area contributed by atoms with Crippen molar-refractivity contribution in [3.05, 3.63) is 0 Å². The van der Waals surface area contributed by atoms with E-state index in [1.54, 1.807) is 0 Å². The van der Waals surface area contributed by atoms with Crippen LogP contribution in [0.25, 0.3) is 0 Å². The van der Waals surface area contributed by atoms with Crippen LogP contribution in [0.5, 0.6) is 0 Å². The van der Waals surface area contributed by atoms with Gasteiger partial charge in [0.2, 0.25) is 0 Å². The third-order valence-corrected chi connectivity index (χ3v) is 2.57. The van der Waals surface area contributed by atoms with Gasteiger partial charge in [-0.3, -0.25) is 0 Å². The molecule has 2 aliphatic rings. The van der Waals surface area contributed by atoms with Crippen molar-refractivity contribution in [2.75, 3.05) is 6.61 Å². The Kier molecular flexibility index (Phi) is 1.73. The molecule has 1 saturated heterocycles. The Labute approximate surface area is 72.0 Å². The number of hydrogen-bond donors (Lipinski definition) is 0. The largest absolute Gasteiger partial charge is 0.348 e. The van der Waals surface area contributed by atoms with Crippen molar-refractivity contribution in [1.29, 1.82) is 0 Å². The standard InChI is InChI=1S/C9H14O3/c1-9(2)11-5-8(12-9)7-3-6(7)4-10/h4,6-8H,3,5H2,1-2H3/t6-,7+,8?/m0/s1. The second kappa shape index (κ2) is 2.54. The molecule has 1 unspecified atom stereocenters. The molecule has 1 saturated carbocycles. The van der Waals surface area contributed by atoms with Gasteiger partial charge in [-0.1, -0.05) is 0 Å². The number of carbonyl (C=O) groups is 1. The normalized spacial score (nSPS) is 44.3. The van der Waals surface area contributed by atoms with Gasteiger partial charge in [0.1, 0.15) is 6.29 Å². The molecular formula is C9H14O3. The highest BCUT2D eigenvalue weighted by Gasteiger charge is 2.48. The predicted octanol–water partition coefficient (Wildman–Crippen LogP) is 0.973. The Morgan fingerprint density at radius 2 is 2.25 bits per heavy atom. The third kappa shape index (κ3) is 1.39. The molecular weight excluding hydrogens is 156 g/mol. The number of carbonyl (C=O) groups excluding carboxylic acids is 1. The molecule has 0 aromatic heterocycles. The average molecular weight is 170 g/mol. The van der Waals surface area contributed by atoms with Crippen molar-refractivity contribution in [2.45, 2.75) is 32.2 Å². The Bertz CT molecular complexity index is 200. The molecule has 1 aliphatic heterocycles. The summed E-state index contributed by atoms with van der Waals surface area (Å²) in [6, 6.07) is 0. The van der Waals surface area contributed by atoms with Crippen LogP contribution in [0.2, 0.25) is 0 Å². The zero-order chi connectivity index (χ0) is 8.77. The number of ether oxygens (including phenoxy) is 2. The summed E-state index contributed by atoms with van der Waals surface area (Å²) in [5.41, 5.74) is 0. The van der Waals surface area contributed by atoms with Gasteiger partial charge < -0.3 is 14.3 Å². The van der Waals surface area contributed by atoms with E-state index in [1.165, 1.54) is 0 Å². The fourth-order valence-electron chi connectivity index (χ4n) is 1.75. The van der Waals surface area contributed by atoms with Gasteiger partial charge in [0.25, 0.3) is 0 Å². The van der Waals surface area contributed by atoms with E-state index in [0.717, 1.165) is 12.7 Å². The van der Waals surface area contributed by atoms with Crippen LogP contribution < -0.4 is 0 Å². The van der Waals surface area contributed by atoms with E-state index >= 15 is 0 Å². The van der Waals surface area contributed by atoms with Crippen molar-refractivity contribution in [2.24, 2.45) is 11.8 Å². The molecule has 0 spiro atoms. The van der Waals surface area contributed by atoms with E-state index in [4.69, 9.17) is 9.47 Å². The molecule has 3 atom stereocenters. The molecule has 0 N–H and O–H groups in total. The Hall–Kier alpha value is -0.410. The Balaban J connectivity index is 1.89. The molecule has 0 bridgehead atoms. The molecule has 3 heteroatoms. The van der Waals surface area contributed by atoms with E-state index in [1.807, 2.05) is 13.8 Å². The summed E-state index contributed by atoms with van der Waals surface area (Å²) >= 11 is 0. The van der Waals surface area contributed by atoms with Crippen LogP contribution in [-0.4, -0.2) is 24.8 Å². The minimum absolute atomic E-state index is 0.148. The lowest BCUT2D eigenvalue weighted by atomic mass is 10.2. The fraction of sp³-hybridized carbons (Fsp3) is 0.889.